The molecule has 6 aromatic heterocycles. The van der Waals surface area contributed by atoms with Gasteiger partial charge in [0.15, 0.2) is 0 Å². The monoisotopic (exact) mass is 604 g/mol. The number of hydrogen-bond donors (Lipinski definition) is 2. The van der Waals surface area contributed by atoms with Crippen molar-refractivity contribution in [1.29, 1.82) is 0 Å². The van der Waals surface area contributed by atoms with E-state index in [1.165, 1.54) is 6.20 Å². The van der Waals surface area contributed by atoms with Crippen molar-refractivity contribution in [2.45, 2.75) is 53.4 Å². The van der Waals surface area contributed by atoms with Crippen molar-refractivity contribution in [3.63, 3.8) is 0 Å². The molecule has 0 bridgehead atoms. The zero-order chi connectivity index (χ0) is 31.3. The van der Waals surface area contributed by atoms with Crippen molar-refractivity contribution < 1.29 is 9.13 Å². The van der Waals surface area contributed by atoms with Crippen LogP contribution in [0.25, 0.3) is 44.6 Å². The highest BCUT2D eigenvalue weighted by atomic mass is 19.1. The maximum Gasteiger partial charge on any atom is 0.242 e. The molecule has 11 nitrogen and oxygen atoms in total. The van der Waals surface area contributed by atoms with Crippen molar-refractivity contribution in [1.82, 2.24) is 39.9 Å². The maximum atomic E-state index is 13.7. The van der Waals surface area contributed by atoms with E-state index in [2.05, 4.69) is 39.7 Å². The lowest BCUT2D eigenvalue weighted by molar-refractivity contribution is 0.328. The molecule has 0 aromatic carbocycles. The molecule has 0 aliphatic carbocycles. The molecule has 0 spiro atoms. The second-order valence-electron chi connectivity index (χ2n) is 10.5. The first-order valence-corrected chi connectivity index (χ1v) is 15.0. The van der Waals surface area contributed by atoms with E-state index in [0.717, 1.165) is 53.0 Å². The molecule has 6 heterocycles. The molecule has 45 heavy (non-hydrogen) atoms. The Bertz CT molecular complexity index is 2000. The molecule has 0 saturated carbocycles. The number of fused-ring (bicyclic) bond motifs is 2. The third kappa shape index (κ3) is 6.30. The van der Waals surface area contributed by atoms with Crippen LogP contribution in [0.1, 0.15) is 50.6 Å². The van der Waals surface area contributed by atoms with Gasteiger partial charge in [0.05, 0.1) is 46.0 Å². The summed E-state index contributed by atoms with van der Waals surface area (Å²) in [6.45, 7) is 8.30. The van der Waals surface area contributed by atoms with Crippen LogP contribution in [0.5, 0.6) is 5.88 Å². The number of aryl methyl sites for hydroxylation is 3. The molecule has 2 N–H and O–H groups in total. The molecule has 0 radical (unpaired) electrons. The van der Waals surface area contributed by atoms with Gasteiger partial charge >= 0.3 is 0 Å². The Hall–Kier alpha value is -5.39. The zero-order valence-electron chi connectivity index (χ0n) is 25.6. The average molecular weight is 605 g/mol. The number of anilines is 2. The van der Waals surface area contributed by atoms with Crippen LogP contribution in [0.4, 0.5) is 16.3 Å². The van der Waals surface area contributed by atoms with E-state index in [4.69, 9.17) is 29.7 Å². The fraction of sp³-hybridized carbons (Fsp3) is 0.273. The van der Waals surface area contributed by atoms with Crippen LogP contribution in [0, 0.1) is 12.9 Å². The smallest absolute Gasteiger partial charge is 0.242 e. The van der Waals surface area contributed by atoms with Gasteiger partial charge in [-0.2, -0.15) is 4.39 Å². The zero-order valence-corrected chi connectivity index (χ0v) is 25.6. The van der Waals surface area contributed by atoms with E-state index < -0.39 is 5.95 Å². The average Bonchev–Trinajstić information content (AvgIpc) is 3.05. The normalized spacial score (nSPS) is 11.2. The van der Waals surface area contributed by atoms with Crippen molar-refractivity contribution in [2.75, 3.05) is 17.5 Å². The summed E-state index contributed by atoms with van der Waals surface area (Å²) >= 11 is 0. The quantitative estimate of drug-likeness (QED) is 0.121. The molecule has 0 amide bonds. The minimum absolute atomic E-state index is 0.369. The Morgan fingerprint density at radius 1 is 0.733 bits per heavy atom. The summed E-state index contributed by atoms with van der Waals surface area (Å²) < 4.78 is 19.5. The molecular weight excluding hydrogens is 571 g/mol. The van der Waals surface area contributed by atoms with Crippen LogP contribution >= 0.6 is 0 Å². The van der Waals surface area contributed by atoms with Crippen molar-refractivity contribution in [3.05, 3.63) is 77.8 Å². The summed E-state index contributed by atoms with van der Waals surface area (Å²) in [6, 6.07) is 13.1. The number of hydrazine groups is 1. The Balaban J connectivity index is 1.30. The SMILES string of the molecule is CCCc1nc(NNc2nc(CCC)c3nc(-c4cccnc4OCC)ccc3n2)nc2ccc(-c3cnc(F)c(C)c3)nc12. The molecule has 0 aliphatic heterocycles. The minimum Gasteiger partial charge on any atom is -0.477 e. The molecule has 0 fully saturated rings. The highest BCUT2D eigenvalue weighted by Crippen LogP contribution is 2.29. The number of hydrogen-bond acceptors (Lipinski definition) is 11. The second kappa shape index (κ2) is 13.1. The second-order valence-corrected chi connectivity index (χ2v) is 10.5. The first kappa shape index (κ1) is 29.7. The van der Waals surface area contributed by atoms with Gasteiger partial charge in [-0.15, -0.1) is 0 Å². The number of pyridine rings is 4. The van der Waals surface area contributed by atoms with Crippen molar-refractivity contribution in [3.8, 4) is 28.4 Å². The Morgan fingerprint density at radius 3 is 1.96 bits per heavy atom. The van der Waals surface area contributed by atoms with E-state index in [1.54, 1.807) is 19.2 Å². The van der Waals surface area contributed by atoms with Crippen molar-refractivity contribution >= 4 is 34.0 Å². The number of aromatic nitrogens is 8. The van der Waals surface area contributed by atoms with Crippen LogP contribution in [0.15, 0.2) is 54.9 Å². The predicted molar refractivity (Wildman–Crippen MR) is 172 cm³/mol. The number of nitrogens with one attached hydrogen (secondary N) is 2. The summed E-state index contributed by atoms with van der Waals surface area (Å²) in [7, 11) is 0. The fourth-order valence-corrected chi connectivity index (χ4v) is 5.04. The Morgan fingerprint density at radius 2 is 1.36 bits per heavy atom. The van der Waals surface area contributed by atoms with Crippen LogP contribution in [-0.4, -0.2) is 46.5 Å². The maximum absolute atomic E-state index is 13.7. The van der Waals surface area contributed by atoms with Crippen LogP contribution in [-0.2, 0) is 12.8 Å². The Kier molecular flexibility index (Phi) is 8.63. The van der Waals surface area contributed by atoms with Gasteiger partial charge in [-0.05, 0) is 69.2 Å². The van der Waals surface area contributed by atoms with Gasteiger partial charge in [0.25, 0.3) is 0 Å². The van der Waals surface area contributed by atoms with E-state index >= 15 is 0 Å². The molecule has 6 rings (SSSR count). The number of ether oxygens (including phenoxy) is 1. The highest BCUT2D eigenvalue weighted by Gasteiger charge is 2.15. The van der Waals surface area contributed by atoms with Gasteiger partial charge in [0.1, 0.15) is 11.0 Å². The van der Waals surface area contributed by atoms with Crippen LogP contribution in [0.3, 0.4) is 0 Å². The summed E-state index contributed by atoms with van der Waals surface area (Å²) in [6.07, 6.45) is 6.37. The summed E-state index contributed by atoms with van der Waals surface area (Å²) in [4.78, 5) is 36.9. The number of rotatable bonds is 11. The first-order chi connectivity index (χ1) is 22.0. The predicted octanol–water partition coefficient (Wildman–Crippen LogP) is 6.68. The lowest BCUT2D eigenvalue weighted by Gasteiger charge is -2.13. The van der Waals surface area contributed by atoms with Gasteiger partial charge in [-0.25, -0.2) is 39.9 Å². The highest BCUT2D eigenvalue weighted by molar-refractivity contribution is 5.83. The molecular formula is C33H33FN10O. The van der Waals surface area contributed by atoms with Crippen LogP contribution < -0.4 is 15.6 Å². The standard InChI is InChI=1S/C33H33FN10O/c1-5-9-24-28-26(14-12-22(37-28)20-17-19(4)30(34)36-18-20)41-32(39-24)43-44-33-40-25(10-6-2)29-27(42-33)15-13-23(38-29)21-11-8-16-35-31(21)45-7-3/h8,11-18H,5-7,9-10H2,1-4H3,(H,39,41,43)(H,40,42,44). The van der Waals surface area contributed by atoms with Gasteiger partial charge < -0.3 is 4.74 Å². The van der Waals surface area contributed by atoms with Gasteiger partial charge in [-0.1, -0.05) is 26.7 Å². The van der Waals surface area contributed by atoms with Crippen LogP contribution in [0.2, 0.25) is 0 Å². The molecule has 0 aliphatic rings. The van der Waals surface area contributed by atoms with E-state index in [9.17, 15) is 4.39 Å². The lowest BCUT2D eigenvalue weighted by Crippen LogP contribution is -2.16. The van der Waals surface area contributed by atoms with Crippen molar-refractivity contribution in [2.24, 2.45) is 0 Å². The molecule has 12 heteroatoms. The number of halogens is 1. The Labute approximate surface area is 259 Å². The van der Waals surface area contributed by atoms with Gasteiger partial charge in [0, 0.05) is 23.5 Å². The lowest BCUT2D eigenvalue weighted by atomic mass is 10.1. The molecule has 228 valence electrons. The number of nitrogens with zero attached hydrogens (tertiary/aromatic N) is 8. The van der Waals surface area contributed by atoms with Gasteiger partial charge in [-0.3, -0.25) is 10.9 Å². The van der Waals surface area contributed by atoms with E-state index in [1.807, 2.05) is 43.3 Å². The molecule has 0 unspecified atom stereocenters. The molecule has 0 saturated heterocycles. The van der Waals surface area contributed by atoms with E-state index in [0.29, 0.717) is 58.6 Å². The molecule has 0 atom stereocenters. The topological polar surface area (TPSA) is 136 Å². The molecule has 6 aromatic rings. The van der Waals surface area contributed by atoms with Gasteiger partial charge in [0.2, 0.25) is 23.7 Å². The third-order valence-corrected chi connectivity index (χ3v) is 7.13. The van der Waals surface area contributed by atoms with E-state index in [-0.39, 0.29) is 0 Å². The summed E-state index contributed by atoms with van der Waals surface area (Å²) in [5, 5.41) is 0. The largest absolute Gasteiger partial charge is 0.477 e. The first-order valence-electron chi connectivity index (χ1n) is 15.0. The minimum atomic E-state index is -0.489. The summed E-state index contributed by atoms with van der Waals surface area (Å²) in [5.74, 6) is 0.801. The fourth-order valence-electron chi connectivity index (χ4n) is 5.04. The third-order valence-electron chi connectivity index (χ3n) is 7.13. The summed E-state index contributed by atoms with van der Waals surface area (Å²) in [5.41, 5.74) is 14.0.